The van der Waals surface area contributed by atoms with Crippen molar-refractivity contribution in [2.24, 2.45) is 0 Å². The molecule has 2 heterocycles. The van der Waals surface area contributed by atoms with Gasteiger partial charge < -0.3 is 14.7 Å². The minimum absolute atomic E-state index is 0.0815. The molecule has 24 heavy (non-hydrogen) atoms. The second-order valence-corrected chi connectivity index (χ2v) is 5.36. The molecule has 0 aliphatic rings. The van der Waals surface area contributed by atoms with Crippen LogP contribution >= 0.6 is 0 Å². The molecule has 4 heteroatoms. The van der Waals surface area contributed by atoms with Crippen LogP contribution in [0.4, 0.5) is 0 Å². The van der Waals surface area contributed by atoms with E-state index in [2.05, 4.69) is 41.2 Å². The number of nitriles is 1. The summed E-state index contributed by atoms with van der Waals surface area (Å²) in [7, 11) is 0. The molecule has 4 nitrogen and oxygen atoms in total. The number of aromatic amines is 2. The number of H-pyrrole nitrogens is 2. The number of aromatic nitrogens is 2. The highest BCUT2D eigenvalue weighted by Crippen LogP contribution is 2.23. The zero-order valence-electron chi connectivity index (χ0n) is 13.5. The van der Waals surface area contributed by atoms with Crippen LogP contribution in [-0.4, -0.2) is 16.6 Å². The van der Waals surface area contributed by atoms with Gasteiger partial charge in [-0.3, -0.25) is 0 Å². The van der Waals surface area contributed by atoms with Crippen molar-refractivity contribution in [2.45, 2.75) is 13.3 Å². The first-order valence-corrected chi connectivity index (χ1v) is 7.94. The highest BCUT2D eigenvalue weighted by molar-refractivity contribution is 5.85. The molecule has 0 bridgehead atoms. The second-order valence-electron chi connectivity index (χ2n) is 5.36. The lowest BCUT2D eigenvalue weighted by atomic mass is 10.1. The van der Waals surface area contributed by atoms with Crippen LogP contribution in [0.15, 0.2) is 60.9 Å². The van der Waals surface area contributed by atoms with Crippen LogP contribution in [0.5, 0.6) is 5.75 Å². The van der Waals surface area contributed by atoms with E-state index in [1.54, 1.807) is 0 Å². The highest BCUT2D eigenvalue weighted by Gasteiger charge is 2.01. The van der Waals surface area contributed by atoms with Crippen molar-refractivity contribution in [3.8, 4) is 11.8 Å². The van der Waals surface area contributed by atoms with E-state index in [0.717, 1.165) is 23.1 Å². The summed E-state index contributed by atoms with van der Waals surface area (Å²) in [5.74, 6) is 0.726. The summed E-state index contributed by atoms with van der Waals surface area (Å²) in [6, 6.07) is 18.2. The number of aryl methyl sites for hydroxylation is 1. The van der Waals surface area contributed by atoms with E-state index in [9.17, 15) is 0 Å². The Labute approximate surface area is 140 Å². The first-order chi connectivity index (χ1) is 11.8. The van der Waals surface area contributed by atoms with Gasteiger partial charge >= 0.3 is 0 Å². The Morgan fingerprint density at radius 2 is 1.58 bits per heavy atom. The third kappa shape index (κ3) is 3.26. The fraction of sp³-hybridized carbons (Fsp3) is 0.150. The molecule has 4 rings (SSSR count). The van der Waals surface area contributed by atoms with Gasteiger partial charge in [0.25, 0.3) is 0 Å². The van der Waals surface area contributed by atoms with Crippen molar-refractivity contribution >= 4 is 21.8 Å². The van der Waals surface area contributed by atoms with Crippen LogP contribution in [0.2, 0.25) is 0 Å². The first-order valence-electron chi connectivity index (χ1n) is 7.94. The minimum atomic E-state index is 0.0815. The molecular weight excluding hydrogens is 298 g/mol. The molecule has 120 valence electrons. The molecule has 2 N–H and O–H groups in total. The highest BCUT2D eigenvalue weighted by atomic mass is 16.5. The number of ether oxygens (including phenoxy) is 1. The molecule has 0 radical (unpaired) electrons. The lowest BCUT2D eigenvalue weighted by molar-refractivity contribution is 0.372. The van der Waals surface area contributed by atoms with E-state index in [-0.39, 0.29) is 6.61 Å². The van der Waals surface area contributed by atoms with Gasteiger partial charge in [-0.1, -0.05) is 37.3 Å². The fourth-order valence-corrected chi connectivity index (χ4v) is 2.73. The summed E-state index contributed by atoms with van der Waals surface area (Å²) in [6.07, 6.45) is 4.94. The fourth-order valence-electron chi connectivity index (χ4n) is 2.73. The first kappa shape index (κ1) is 15.7. The zero-order chi connectivity index (χ0) is 16.8. The molecule has 0 atom stereocenters. The van der Waals surface area contributed by atoms with Crippen LogP contribution in [0.25, 0.3) is 21.8 Å². The van der Waals surface area contributed by atoms with Gasteiger partial charge in [-0.15, -0.1) is 0 Å². The van der Waals surface area contributed by atoms with Gasteiger partial charge in [0.15, 0.2) is 6.61 Å². The maximum Gasteiger partial charge on any atom is 0.174 e. The van der Waals surface area contributed by atoms with Gasteiger partial charge in [0, 0.05) is 23.3 Å². The summed E-state index contributed by atoms with van der Waals surface area (Å²) < 4.78 is 5.23. The Kier molecular flexibility index (Phi) is 4.83. The molecule has 0 fully saturated rings. The summed E-state index contributed by atoms with van der Waals surface area (Å²) in [6.45, 7) is 2.26. The average Bonchev–Trinajstić information content (AvgIpc) is 3.29. The van der Waals surface area contributed by atoms with Gasteiger partial charge in [0.05, 0.1) is 5.52 Å². The maximum atomic E-state index is 8.37. The summed E-state index contributed by atoms with van der Waals surface area (Å²) in [5, 5.41) is 10.8. The molecule has 0 saturated heterocycles. The van der Waals surface area contributed by atoms with Gasteiger partial charge in [0.2, 0.25) is 0 Å². The Morgan fingerprint density at radius 1 is 0.917 bits per heavy atom. The lowest BCUT2D eigenvalue weighted by Crippen LogP contribution is -1.93. The third-order valence-corrected chi connectivity index (χ3v) is 3.90. The van der Waals surface area contributed by atoms with Crippen LogP contribution < -0.4 is 4.74 Å². The Balaban J connectivity index is 0.000000143. The molecule has 2 aromatic heterocycles. The summed E-state index contributed by atoms with van der Waals surface area (Å²) in [5.41, 5.74) is 3.63. The van der Waals surface area contributed by atoms with Crippen molar-refractivity contribution in [2.75, 3.05) is 6.61 Å². The van der Waals surface area contributed by atoms with E-state index in [0.29, 0.717) is 0 Å². The number of fused-ring (bicyclic) bond motifs is 2. The quantitative estimate of drug-likeness (QED) is 0.570. The summed E-state index contributed by atoms with van der Waals surface area (Å²) >= 11 is 0. The molecule has 2 aromatic carbocycles. The number of benzene rings is 2. The molecule has 0 saturated carbocycles. The van der Waals surface area contributed by atoms with Crippen molar-refractivity contribution in [1.29, 1.82) is 5.26 Å². The Hall–Kier alpha value is -3.19. The normalized spacial score (nSPS) is 10.2. The van der Waals surface area contributed by atoms with Gasteiger partial charge in [-0.25, -0.2) is 0 Å². The van der Waals surface area contributed by atoms with Crippen LogP contribution in [-0.2, 0) is 6.42 Å². The minimum Gasteiger partial charge on any atom is -0.477 e. The van der Waals surface area contributed by atoms with Crippen molar-refractivity contribution in [3.05, 3.63) is 66.5 Å². The molecule has 0 amide bonds. The van der Waals surface area contributed by atoms with Crippen molar-refractivity contribution in [3.63, 3.8) is 0 Å². The zero-order valence-corrected chi connectivity index (χ0v) is 13.5. The molecule has 0 spiro atoms. The van der Waals surface area contributed by atoms with Crippen LogP contribution in [0, 0.1) is 11.3 Å². The van der Waals surface area contributed by atoms with Crippen molar-refractivity contribution in [1.82, 2.24) is 9.97 Å². The van der Waals surface area contributed by atoms with E-state index in [1.165, 1.54) is 16.5 Å². The molecular formula is C20H19N3O. The molecule has 0 unspecified atom stereocenters. The lowest BCUT2D eigenvalue weighted by Gasteiger charge is -2.01. The number of hydrogen-bond acceptors (Lipinski definition) is 2. The number of hydrogen-bond donors (Lipinski definition) is 2. The van der Waals surface area contributed by atoms with Gasteiger partial charge in [0.1, 0.15) is 11.8 Å². The van der Waals surface area contributed by atoms with Crippen LogP contribution in [0.1, 0.15) is 12.5 Å². The molecule has 0 aliphatic carbocycles. The van der Waals surface area contributed by atoms with E-state index < -0.39 is 0 Å². The van der Waals surface area contributed by atoms with Gasteiger partial charge in [-0.05, 0) is 35.6 Å². The maximum absolute atomic E-state index is 8.37. The van der Waals surface area contributed by atoms with E-state index in [1.807, 2.05) is 42.7 Å². The van der Waals surface area contributed by atoms with E-state index >= 15 is 0 Å². The number of rotatable bonds is 3. The number of para-hydroxylation sites is 2. The smallest absolute Gasteiger partial charge is 0.174 e. The topological polar surface area (TPSA) is 64.6 Å². The predicted molar refractivity (Wildman–Crippen MR) is 97.1 cm³/mol. The largest absolute Gasteiger partial charge is 0.477 e. The Morgan fingerprint density at radius 3 is 2.29 bits per heavy atom. The molecule has 4 aromatic rings. The standard InChI is InChI=1S/C10H8N2O.C10H11N/c11-5-7-13-9-3-1-2-8-4-6-12-10(8)9;1-2-8-4-3-5-9-6-7-11-10(8)9/h1-4,6,12H,7H2;3-7,11H,2H2,1H3. The average molecular weight is 317 g/mol. The number of nitrogens with zero attached hydrogens (tertiary/aromatic N) is 1. The predicted octanol–water partition coefficient (Wildman–Crippen LogP) is 4.80. The third-order valence-electron chi connectivity index (χ3n) is 3.90. The SMILES string of the molecule is CCc1cccc2cc[nH]c12.N#CCOc1cccc2cc[nH]c12. The van der Waals surface area contributed by atoms with Crippen molar-refractivity contribution < 1.29 is 4.74 Å². The van der Waals surface area contributed by atoms with Crippen LogP contribution in [0.3, 0.4) is 0 Å². The number of nitrogens with one attached hydrogen (secondary N) is 2. The molecule has 0 aliphatic heterocycles. The monoisotopic (exact) mass is 317 g/mol. The Bertz CT molecular complexity index is 975. The second kappa shape index (κ2) is 7.38. The van der Waals surface area contributed by atoms with E-state index in [4.69, 9.17) is 10.00 Å². The summed E-state index contributed by atoms with van der Waals surface area (Å²) in [4.78, 5) is 6.30. The van der Waals surface area contributed by atoms with Gasteiger partial charge in [-0.2, -0.15) is 5.26 Å².